The van der Waals surface area contributed by atoms with E-state index >= 15 is 0 Å². The number of aromatic nitrogens is 2. The molecule has 0 radical (unpaired) electrons. The molecule has 2 aromatic heterocycles. The van der Waals surface area contributed by atoms with Gasteiger partial charge in [-0.15, -0.1) is 49.6 Å². The Morgan fingerprint density at radius 1 is 0.800 bits per heavy atom. The zero-order valence-corrected chi connectivity index (χ0v) is 17.2. The van der Waals surface area contributed by atoms with Crippen LogP contribution in [-0.2, 0) is 13.1 Å². The third-order valence-corrected chi connectivity index (χ3v) is 4.09. The highest BCUT2D eigenvalue weighted by atomic mass is 35.5. The maximum absolute atomic E-state index is 4.07. The first-order chi connectivity index (χ1) is 10.4. The maximum Gasteiger partial charge on any atom is 0.0271 e. The van der Waals surface area contributed by atoms with E-state index in [1.165, 1.54) is 24.0 Å². The first-order valence-corrected chi connectivity index (χ1v) is 7.64. The molecule has 1 saturated heterocycles. The summed E-state index contributed by atoms with van der Waals surface area (Å²) < 4.78 is 0. The Balaban J connectivity index is 0. The summed E-state index contributed by atoms with van der Waals surface area (Å²) in [7, 11) is 0. The fourth-order valence-corrected chi connectivity index (χ4v) is 2.80. The van der Waals surface area contributed by atoms with Crippen LogP contribution in [0, 0.1) is 0 Å². The van der Waals surface area contributed by atoms with Crippen molar-refractivity contribution in [1.29, 1.82) is 0 Å². The molecular weight excluding hydrogens is 402 g/mol. The van der Waals surface area contributed by atoms with E-state index in [1.54, 1.807) is 0 Å². The minimum absolute atomic E-state index is 0. The second-order valence-electron chi connectivity index (χ2n) is 5.64. The lowest BCUT2D eigenvalue weighted by molar-refractivity contribution is 0.190. The molecule has 0 bridgehead atoms. The molecule has 142 valence electrons. The number of hydrogen-bond donors (Lipinski definition) is 1. The van der Waals surface area contributed by atoms with Gasteiger partial charge < -0.3 is 5.32 Å². The van der Waals surface area contributed by atoms with Gasteiger partial charge in [0, 0.05) is 43.9 Å². The number of likely N-dealkylation sites (tertiary alicyclic amines) is 1. The van der Waals surface area contributed by atoms with Crippen LogP contribution in [0.3, 0.4) is 0 Å². The van der Waals surface area contributed by atoms with Gasteiger partial charge in [-0.1, -0.05) is 0 Å². The molecule has 1 fully saturated rings. The second kappa shape index (κ2) is 14.5. The molecule has 0 aromatic carbocycles. The summed E-state index contributed by atoms with van der Waals surface area (Å²) in [4.78, 5) is 10.6. The van der Waals surface area contributed by atoms with Crippen molar-refractivity contribution in [2.24, 2.45) is 0 Å². The van der Waals surface area contributed by atoms with Gasteiger partial charge in [-0.05, 0) is 61.3 Å². The molecule has 1 aliphatic rings. The molecule has 2 aromatic rings. The smallest absolute Gasteiger partial charge is 0.0271 e. The molecule has 0 atom stereocenters. The van der Waals surface area contributed by atoms with E-state index in [4.69, 9.17) is 0 Å². The molecule has 4 nitrogen and oxygen atoms in total. The number of rotatable bonds is 5. The molecule has 0 aliphatic carbocycles. The highest BCUT2D eigenvalue weighted by Crippen LogP contribution is 2.14. The molecule has 0 spiro atoms. The SMILES string of the molecule is Cl.Cl.Cl.Cl.c1cc(CNC2CCN(Cc3ccncc3)CC2)ccn1. The minimum Gasteiger partial charge on any atom is -0.310 e. The molecule has 1 N–H and O–H groups in total. The van der Waals surface area contributed by atoms with Gasteiger partial charge >= 0.3 is 0 Å². The summed E-state index contributed by atoms with van der Waals surface area (Å²) in [6.45, 7) is 4.31. The third-order valence-electron chi connectivity index (χ3n) is 4.09. The molecule has 1 aliphatic heterocycles. The van der Waals surface area contributed by atoms with Crippen molar-refractivity contribution in [2.75, 3.05) is 13.1 Å². The second-order valence-corrected chi connectivity index (χ2v) is 5.64. The number of halogens is 4. The average molecular weight is 428 g/mol. The van der Waals surface area contributed by atoms with E-state index in [1.807, 2.05) is 24.8 Å². The van der Waals surface area contributed by atoms with E-state index < -0.39 is 0 Å². The van der Waals surface area contributed by atoms with Crippen molar-refractivity contribution in [1.82, 2.24) is 20.2 Å². The number of pyridine rings is 2. The van der Waals surface area contributed by atoms with E-state index in [9.17, 15) is 0 Å². The largest absolute Gasteiger partial charge is 0.310 e. The molecule has 8 heteroatoms. The van der Waals surface area contributed by atoms with Gasteiger partial charge in [-0.25, -0.2) is 0 Å². The molecule has 0 amide bonds. The zero-order valence-electron chi connectivity index (χ0n) is 13.9. The van der Waals surface area contributed by atoms with E-state index in [-0.39, 0.29) is 49.6 Å². The van der Waals surface area contributed by atoms with E-state index in [2.05, 4.69) is 44.5 Å². The summed E-state index contributed by atoms with van der Waals surface area (Å²) >= 11 is 0. The van der Waals surface area contributed by atoms with Crippen LogP contribution >= 0.6 is 49.6 Å². The van der Waals surface area contributed by atoms with Gasteiger partial charge in [0.15, 0.2) is 0 Å². The topological polar surface area (TPSA) is 41.0 Å². The Labute approximate surface area is 174 Å². The lowest BCUT2D eigenvalue weighted by Crippen LogP contribution is -2.41. The monoisotopic (exact) mass is 426 g/mol. The summed E-state index contributed by atoms with van der Waals surface area (Å²) in [6, 6.07) is 8.99. The molecule has 3 heterocycles. The van der Waals surface area contributed by atoms with Crippen LogP contribution in [0.2, 0.25) is 0 Å². The van der Waals surface area contributed by atoms with Crippen molar-refractivity contribution in [3.8, 4) is 0 Å². The van der Waals surface area contributed by atoms with Crippen LogP contribution in [0.4, 0.5) is 0 Å². The molecule has 0 unspecified atom stereocenters. The van der Waals surface area contributed by atoms with Crippen molar-refractivity contribution in [3.05, 3.63) is 60.2 Å². The Hall–Kier alpha value is -0.620. The summed E-state index contributed by atoms with van der Waals surface area (Å²) in [5.74, 6) is 0. The molecule has 3 rings (SSSR count). The quantitative estimate of drug-likeness (QED) is 0.784. The van der Waals surface area contributed by atoms with E-state index in [0.717, 1.165) is 26.2 Å². The van der Waals surface area contributed by atoms with Crippen molar-refractivity contribution < 1.29 is 0 Å². The van der Waals surface area contributed by atoms with E-state index in [0.29, 0.717) is 6.04 Å². The van der Waals surface area contributed by atoms with Crippen molar-refractivity contribution in [2.45, 2.75) is 32.0 Å². The summed E-state index contributed by atoms with van der Waals surface area (Å²) in [6.07, 6.45) is 9.89. The number of nitrogens with zero attached hydrogens (tertiary/aromatic N) is 3. The fraction of sp³-hybridized carbons (Fsp3) is 0.412. The van der Waals surface area contributed by atoms with Crippen LogP contribution in [-0.4, -0.2) is 34.0 Å². The van der Waals surface area contributed by atoms with Crippen LogP contribution in [0.15, 0.2) is 49.1 Å². The average Bonchev–Trinajstić information content (AvgIpc) is 2.56. The Bertz CT molecular complexity index is 537. The van der Waals surface area contributed by atoms with Crippen LogP contribution in [0.1, 0.15) is 24.0 Å². The standard InChI is InChI=1S/C17H22N4.4ClH/c1-7-18-8-2-15(1)13-20-17-5-11-21(12-6-17)14-16-3-9-19-10-4-16;;;;/h1-4,7-10,17,20H,5-6,11-14H2;4*1H. The zero-order chi connectivity index (χ0) is 14.3. The predicted molar refractivity (Wildman–Crippen MR) is 113 cm³/mol. The Morgan fingerprint density at radius 2 is 1.28 bits per heavy atom. The normalized spacial score (nSPS) is 14.2. The molecule has 0 saturated carbocycles. The highest BCUT2D eigenvalue weighted by molar-refractivity contribution is 5.86. The van der Waals surface area contributed by atoms with Crippen LogP contribution in [0.25, 0.3) is 0 Å². The maximum atomic E-state index is 4.07. The van der Waals surface area contributed by atoms with Crippen molar-refractivity contribution >= 4 is 49.6 Å². The van der Waals surface area contributed by atoms with Crippen LogP contribution in [0.5, 0.6) is 0 Å². The Kier molecular flexibility index (Phi) is 15.5. The van der Waals surface area contributed by atoms with Gasteiger partial charge in [0.25, 0.3) is 0 Å². The van der Waals surface area contributed by atoms with Gasteiger partial charge in [-0.3, -0.25) is 14.9 Å². The van der Waals surface area contributed by atoms with Crippen molar-refractivity contribution in [3.63, 3.8) is 0 Å². The van der Waals surface area contributed by atoms with Gasteiger partial charge in [0.05, 0.1) is 0 Å². The van der Waals surface area contributed by atoms with Gasteiger partial charge in [0.2, 0.25) is 0 Å². The first-order valence-electron chi connectivity index (χ1n) is 7.64. The minimum atomic E-state index is 0. The lowest BCUT2D eigenvalue weighted by Gasteiger charge is -2.32. The lowest BCUT2D eigenvalue weighted by atomic mass is 10.0. The summed E-state index contributed by atoms with van der Waals surface area (Å²) in [5, 5.41) is 3.66. The fourth-order valence-electron chi connectivity index (χ4n) is 2.80. The third kappa shape index (κ3) is 9.04. The predicted octanol–water partition coefficient (Wildman–Crippen LogP) is 3.92. The van der Waals surface area contributed by atoms with Gasteiger partial charge in [0.1, 0.15) is 0 Å². The number of nitrogens with one attached hydrogen (secondary N) is 1. The van der Waals surface area contributed by atoms with Gasteiger partial charge in [-0.2, -0.15) is 0 Å². The molecular formula is C17H26Cl4N4. The Morgan fingerprint density at radius 3 is 1.80 bits per heavy atom. The molecule has 25 heavy (non-hydrogen) atoms. The highest BCUT2D eigenvalue weighted by Gasteiger charge is 2.18. The van der Waals surface area contributed by atoms with Crippen LogP contribution < -0.4 is 5.32 Å². The number of piperidine rings is 1. The number of hydrogen-bond acceptors (Lipinski definition) is 4. The summed E-state index contributed by atoms with van der Waals surface area (Å²) in [5.41, 5.74) is 2.66. The first kappa shape index (κ1) is 26.6.